The molecule has 0 aromatic rings. The lowest BCUT2D eigenvalue weighted by Crippen LogP contribution is -2.51. The summed E-state index contributed by atoms with van der Waals surface area (Å²) in [6, 6.07) is 0.588. The maximum atomic E-state index is 11.9. The van der Waals surface area contributed by atoms with Crippen molar-refractivity contribution in [1.82, 2.24) is 15.1 Å². The predicted octanol–water partition coefficient (Wildman–Crippen LogP) is 1.66. The van der Waals surface area contributed by atoms with Gasteiger partial charge in [-0.1, -0.05) is 19.8 Å². The van der Waals surface area contributed by atoms with Crippen molar-refractivity contribution in [2.75, 3.05) is 33.7 Å². The number of urea groups is 1. The second-order valence-corrected chi connectivity index (χ2v) is 7.23. The smallest absolute Gasteiger partial charge is 0.319 e. The van der Waals surface area contributed by atoms with Gasteiger partial charge in [0.1, 0.15) is 0 Å². The van der Waals surface area contributed by atoms with E-state index in [0.29, 0.717) is 6.04 Å². The molecule has 5 nitrogen and oxygen atoms in total. The van der Waals surface area contributed by atoms with Crippen LogP contribution in [-0.4, -0.2) is 66.8 Å². The van der Waals surface area contributed by atoms with Gasteiger partial charge in [0.05, 0.1) is 6.10 Å². The van der Waals surface area contributed by atoms with E-state index in [9.17, 15) is 9.90 Å². The Hall–Kier alpha value is -0.810. The first kappa shape index (κ1) is 16.6. The maximum Gasteiger partial charge on any atom is 0.319 e. The Kier molecular flexibility index (Phi) is 5.49. The minimum absolute atomic E-state index is 0.0227. The number of amides is 2. The van der Waals surface area contributed by atoms with Gasteiger partial charge >= 0.3 is 6.03 Å². The number of nitrogens with zero attached hydrogens (tertiary/aromatic N) is 2. The van der Waals surface area contributed by atoms with Crippen molar-refractivity contribution in [3.05, 3.63) is 0 Å². The molecule has 2 unspecified atom stereocenters. The predicted molar refractivity (Wildman–Crippen MR) is 84.3 cm³/mol. The van der Waals surface area contributed by atoms with Gasteiger partial charge in [-0.15, -0.1) is 0 Å². The zero-order valence-electron chi connectivity index (χ0n) is 13.8. The van der Waals surface area contributed by atoms with Crippen LogP contribution in [0.25, 0.3) is 0 Å². The molecule has 0 aromatic carbocycles. The van der Waals surface area contributed by atoms with Crippen LogP contribution in [0, 0.1) is 5.41 Å². The molecule has 1 heterocycles. The van der Waals surface area contributed by atoms with Crippen LogP contribution in [0.15, 0.2) is 0 Å². The van der Waals surface area contributed by atoms with E-state index in [1.807, 2.05) is 4.90 Å². The van der Waals surface area contributed by atoms with Crippen LogP contribution in [-0.2, 0) is 0 Å². The number of aliphatic hydroxyl groups is 1. The third-order valence-corrected chi connectivity index (χ3v) is 5.22. The van der Waals surface area contributed by atoms with Crippen LogP contribution in [0.4, 0.5) is 4.79 Å². The third kappa shape index (κ3) is 4.10. The number of likely N-dealkylation sites (tertiary alicyclic amines) is 1. The molecular weight excluding hydrogens is 266 g/mol. The fourth-order valence-corrected chi connectivity index (χ4v) is 3.52. The summed E-state index contributed by atoms with van der Waals surface area (Å²) in [5.41, 5.74) is 0.0227. The van der Waals surface area contributed by atoms with Crippen molar-refractivity contribution in [2.45, 2.75) is 57.6 Å². The Labute approximate surface area is 128 Å². The van der Waals surface area contributed by atoms with Gasteiger partial charge < -0.3 is 20.2 Å². The largest absolute Gasteiger partial charge is 0.393 e. The fraction of sp³-hybridized carbons (Fsp3) is 0.938. The highest BCUT2D eigenvalue weighted by Crippen LogP contribution is 2.35. The zero-order chi connectivity index (χ0) is 15.5. The van der Waals surface area contributed by atoms with Crippen molar-refractivity contribution in [3.8, 4) is 0 Å². The first-order valence-electron chi connectivity index (χ1n) is 8.30. The van der Waals surface area contributed by atoms with E-state index in [4.69, 9.17) is 0 Å². The Morgan fingerprint density at radius 1 is 1.29 bits per heavy atom. The van der Waals surface area contributed by atoms with Crippen molar-refractivity contribution in [3.63, 3.8) is 0 Å². The molecule has 1 saturated heterocycles. The number of aliphatic hydroxyl groups excluding tert-OH is 1. The molecule has 0 spiro atoms. The number of carbonyl (C=O) groups is 1. The Morgan fingerprint density at radius 3 is 2.52 bits per heavy atom. The van der Waals surface area contributed by atoms with Crippen LogP contribution in [0.2, 0.25) is 0 Å². The number of nitrogens with one attached hydrogen (secondary N) is 1. The number of hydrogen-bond acceptors (Lipinski definition) is 3. The topological polar surface area (TPSA) is 55.8 Å². The average molecular weight is 297 g/mol. The second kappa shape index (κ2) is 6.97. The molecule has 2 fully saturated rings. The Bertz CT molecular complexity index is 353. The molecule has 0 aromatic heterocycles. The third-order valence-electron chi connectivity index (χ3n) is 5.22. The van der Waals surface area contributed by atoms with E-state index >= 15 is 0 Å². The van der Waals surface area contributed by atoms with Crippen LogP contribution >= 0.6 is 0 Å². The van der Waals surface area contributed by atoms with Gasteiger partial charge in [-0.3, -0.25) is 0 Å². The first-order valence-corrected chi connectivity index (χ1v) is 8.30. The van der Waals surface area contributed by atoms with Gasteiger partial charge in [-0.2, -0.15) is 0 Å². The quantitative estimate of drug-likeness (QED) is 0.833. The van der Waals surface area contributed by atoms with Crippen molar-refractivity contribution < 1.29 is 9.90 Å². The summed E-state index contributed by atoms with van der Waals surface area (Å²) in [6.07, 6.45) is 6.27. The molecule has 0 radical (unpaired) electrons. The van der Waals surface area contributed by atoms with E-state index in [0.717, 1.165) is 51.7 Å². The normalized spacial score (nSPS) is 31.2. The van der Waals surface area contributed by atoms with Gasteiger partial charge in [0.2, 0.25) is 0 Å². The molecule has 2 atom stereocenters. The highest BCUT2D eigenvalue weighted by Gasteiger charge is 2.36. The molecule has 5 heteroatoms. The van der Waals surface area contributed by atoms with E-state index in [2.05, 4.69) is 12.2 Å². The maximum absolute atomic E-state index is 11.9. The molecular formula is C16H31N3O2. The molecule has 1 aliphatic heterocycles. The van der Waals surface area contributed by atoms with E-state index < -0.39 is 0 Å². The summed E-state index contributed by atoms with van der Waals surface area (Å²) in [7, 11) is 3.61. The monoisotopic (exact) mass is 297 g/mol. The number of hydrogen-bond donors (Lipinski definition) is 2. The number of carbonyl (C=O) groups excluding carboxylic acids is 1. The lowest BCUT2D eigenvalue weighted by molar-refractivity contribution is -0.00138. The lowest BCUT2D eigenvalue weighted by atomic mass is 9.73. The van der Waals surface area contributed by atoms with Crippen molar-refractivity contribution >= 4 is 6.03 Å². The number of piperidine rings is 1. The van der Waals surface area contributed by atoms with Crippen LogP contribution in [0.1, 0.15) is 45.4 Å². The van der Waals surface area contributed by atoms with Gasteiger partial charge in [-0.25, -0.2) is 4.79 Å². The summed E-state index contributed by atoms with van der Waals surface area (Å²) < 4.78 is 0. The van der Waals surface area contributed by atoms with Gasteiger partial charge in [0.15, 0.2) is 0 Å². The fourth-order valence-electron chi connectivity index (χ4n) is 3.52. The molecule has 21 heavy (non-hydrogen) atoms. The molecule has 1 aliphatic carbocycles. The average Bonchev–Trinajstić information content (AvgIpc) is 2.48. The SMILES string of the molecule is CN(C)C(=O)N1CCC(NCC2(C)CCCCC2O)CC1. The first-order chi connectivity index (χ1) is 9.92. The number of rotatable bonds is 3. The Morgan fingerprint density at radius 2 is 1.95 bits per heavy atom. The zero-order valence-corrected chi connectivity index (χ0v) is 13.8. The van der Waals surface area contributed by atoms with E-state index in [1.54, 1.807) is 19.0 Å². The van der Waals surface area contributed by atoms with Crippen LogP contribution in [0.5, 0.6) is 0 Å². The minimum Gasteiger partial charge on any atom is -0.393 e. The minimum atomic E-state index is -0.172. The van der Waals surface area contributed by atoms with Gasteiger partial charge in [0.25, 0.3) is 0 Å². The summed E-state index contributed by atoms with van der Waals surface area (Å²) >= 11 is 0. The molecule has 122 valence electrons. The summed E-state index contributed by atoms with van der Waals surface area (Å²) in [4.78, 5) is 15.5. The summed E-state index contributed by atoms with van der Waals surface area (Å²) in [5, 5.41) is 13.9. The van der Waals surface area contributed by atoms with Gasteiger partial charge in [-0.05, 0) is 25.7 Å². The molecule has 2 amide bonds. The Balaban J connectivity index is 1.75. The van der Waals surface area contributed by atoms with Crippen LogP contribution in [0.3, 0.4) is 0 Å². The van der Waals surface area contributed by atoms with E-state index in [-0.39, 0.29) is 17.6 Å². The summed E-state index contributed by atoms with van der Waals surface area (Å²) in [6.45, 7) is 4.75. The molecule has 0 bridgehead atoms. The molecule has 1 saturated carbocycles. The molecule has 2 rings (SSSR count). The second-order valence-electron chi connectivity index (χ2n) is 7.23. The van der Waals surface area contributed by atoms with E-state index in [1.165, 1.54) is 6.42 Å². The highest BCUT2D eigenvalue weighted by atomic mass is 16.3. The van der Waals surface area contributed by atoms with Gasteiger partial charge in [0, 0.05) is 45.2 Å². The van der Waals surface area contributed by atoms with Crippen molar-refractivity contribution in [1.29, 1.82) is 0 Å². The molecule has 2 aliphatic rings. The van der Waals surface area contributed by atoms with Crippen LogP contribution < -0.4 is 5.32 Å². The standard InChI is InChI=1S/C16H31N3O2/c1-16(9-5-4-6-14(16)20)12-17-13-7-10-19(11-8-13)15(21)18(2)3/h13-14,17,20H,4-12H2,1-3H3. The van der Waals surface area contributed by atoms with Crippen molar-refractivity contribution in [2.24, 2.45) is 5.41 Å². The summed E-state index contributed by atoms with van der Waals surface area (Å²) in [5.74, 6) is 0. The molecule has 2 N–H and O–H groups in total. The lowest BCUT2D eigenvalue weighted by Gasteiger charge is -2.41. The highest BCUT2D eigenvalue weighted by molar-refractivity contribution is 5.73.